The minimum Gasteiger partial charge on any atom is -0.194 e. The van der Waals surface area contributed by atoms with E-state index in [2.05, 4.69) is 4.18 Å². The minimum atomic E-state index is -8.83. The van der Waals surface area contributed by atoms with Crippen LogP contribution in [0.3, 0.4) is 0 Å². The molecule has 0 saturated carbocycles. The SMILES string of the molecule is Cc1ccc(S(=O)(=O)OC(F)(F)C(F)(F)C(F)(F)C(F)(F)C(F)(F)C(F)(F)C(F)(F)C(F)(F)F)cc1. The average Bonchev–Trinajstić information content (AvgIpc) is 2.65. The first-order chi connectivity index (χ1) is 15.5. The molecule has 0 heterocycles. The number of alkyl halides is 17. The molecule has 0 bridgehead atoms. The Morgan fingerprint density at radius 1 is 0.528 bits per heavy atom. The number of halogens is 17. The third-order valence-corrected chi connectivity index (χ3v) is 5.50. The predicted octanol–water partition coefficient (Wildman–Crippen LogP) is 6.67. The Labute approximate surface area is 187 Å². The summed E-state index contributed by atoms with van der Waals surface area (Å²) in [5, 5.41) is 0. The molecule has 3 nitrogen and oxygen atoms in total. The van der Waals surface area contributed by atoms with Crippen molar-refractivity contribution >= 4 is 10.1 Å². The van der Waals surface area contributed by atoms with Crippen molar-refractivity contribution in [3.8, 4) is 0 Å². The Morgan fingerprint density at radius 2 is 0.833 bits per heavy atom. The smallest absolute Gasteiger partial charge is 0.194 e. The van der Waals surface area contributed by atoms with Gasteiger partial charge in [-0.25, -0.2) is 0 Å². The molecule has 210 valence electrons. The molecule has 0 unspecified atom stereocenters. The van der Waals surface area contributed by atoms with Crippen LogP contribution in [0.2, 0.25) is 0 Å². The van der Waals surface area contributed by atoms with Crippen LogP contribution in [0.4, 0.5) is 74.6 Å². The van der Waals surface area contributed by atoms with Crippen molar-refractivity contribution in [1.29, 1.82) is 0 Å². The van der Waals surface area contributed by atoms with Crippen molar-refractivity contribution < 1.29 is 87.2 Å². The van der Waals surface area contributed by atoms with E-state index in [-0.39, 0.29) is 5.56 Å². The molecule has 0 saturated heterocycles. The molecular formula is C15H7F17O3S. The summed E-state index contributed by atoms with van der Waals surface area (Å²) in [6.45, 7) is 1.24. The normalized spacial score (nSPS) is 15.8. The zero-order valence-corrected chi connectivity index (χ0v) is 17.2. The molecule has 0 spiro atoms. The fourth-order valence-corrected chi connectivity index (χ4v) is 3.04. The summed E-state index contributed by atoms with van der Waals surface area (Å²) in [4.78, 5) is -1.54. The maximum atomic E-state index is 13.7. The van der Waals surface area contributed by atoms with Crippen LogP contribution in [0.1, 0.15) is 5.56 Å². The second-order valence-corrected chi connectivity index (χ2v) is 8.36. The summed E-state index contributed by atoms with van der Waals surface area (Å²) in [5.74, 6) is -51.5. The molecule has 21 heteroatoms. The van der Waals surface area contributed by atoms with Crippen LogP contribution < -0.4 is 0 Å². The number of rotatable bonds is 9. The molecule has 1 rings (SSSR count). The van der Waals surface area contributed by atoms with E-state index in [1.54, 1.807) is 0 Å². The highest BCUT2D eigenvalue weighted by Gasteiger charge is 2.95. The second kappa shape index (κ2) is 8.48. The molecule has 0 aliphatic carbocycles. The lowest BCUT2D eigenvalue weighted by Crippen LogP contribution is -2.74. The standard InChI is InChI=1S/C15H7F17O3S/c1-6-2-4-7(5-3-6)36(33,34)35-15(31,32)13(26,27)11(22,23)9(18,19)8(16,17)10(20,21)12(24,25)14(28,29)30/h2-5H,1H3. The molecule has 0 radical (unpaired) electrons. The summed E-state index contributed by atoms with van der Waals surface area (Å²) in [6.07, 6.45) is -15.4. The van der Waals surface area contributed by atoms with E-state index < -0.39 is 62.8 Å². The zero-order valence-electron chi connectivity index (χ0n) is 16.4. The fourth-order valence-electron chi connectivity index (χ4n) is 2.09. The van der Waals surface area contributed by atoms with Crippen LogP contribution >= 0.6 is 0 Å². The van der Waals surface area contributed by atoms with Gasteiger partial charge in [0.1, 0.15) is 0 Å². The summed E-state index contributed by atoms with van der Waals surface area (Å²) in [7, 11) is -6.34. The van der Waals surface area contributed by atoms with Crippen molar-refractivity contribution in [3.63, 3.8) is 0 Å². The molecule has 0 atom stereocenters. The van der Waals surface area contributed by atoms with Gasteiger partial charge in [-0.05, 0) is 19.1 Å². The van der Waals surface area contributed by atoms with Crippen LogP contribution in [-0.2, 0) is 14.3 Å². The largest absolute Gasteiger partial charge is 0.460 e. The van der Waals surface area contributed by atoms with E-state index in [9.17, 15) is 83.1 Å². The van der Waals surface area contributed by atoms with E-state index in [1.807, 2.05) is 0 Å². The molecular weight excluding hydrogens is 583 g/mol. The van der Waals surface area contributed by atoms with E-state index >= 15 is 0 Å². The highest BCUT2D eigenvalue weighted by molar-refractivity contribution is 7.86. The van der Waals surface area contributed by atoms with Gasteiger partial charge in [-0.3, -0.25) is 0 Å². The van der Waals surface area contributed by atoms with E-state index in [0.717, 1.165) is 12.1 Å². The number of aryl methyl sites for hydroxylation is 1. The zero-order chi connectivity index (χ0) is 29.2. The number of hydrogen-bond acceptors (Lipinski definition) is 3. The van der Waals surface area contributed by atoms with Crippen LogP contribution in [0, 0.1) is 6.92 Å². The Balaban J connectivity index is 3.63. The molecule has 0 fully saturated rings. The molecule has 0 amide bonds. The van der Waals surface area contributed by atoms with Gasteiger partial charge in [0.15, 0.2) is 0 Å². The summed E-state index contributed by atoms with van der Waals surface area (Å²) in [6, 6.07) is 2.14. The molecule has 1 aromatic carbocycles. The van der Waals surface area contributed by atoms with Crippen molar-refractivity contribution in [2.24, 2.45) is 0 Å². The minimum absolute atomic E-state index is 0.163. The van der Waals surface area contributed by atoms with Gasteiger partial charge in [0.2, 0.25) is 0 Å². The third-order valence-electron chi connectivity index (χ3n) is 4.22. The molecule has 0 N–H and O–H groups in total. The van der Waals surface area contributed by atoms with Crippen LogP contribution in [-0.4, -0.2) is 56.2 Å². The lowest BCUT2D eigenvalue weighted by molar-refractivity contribution is -0.471. The molecule has 0 aliphatic rings. The van der Waals surface area contributed by atoms with Crippen molar-refractivity contribution in [3.05, 3.63) is 29.8 Å². The summed E-state index contributed by atoms with van der Waals surface area (Å²) < 4.78 is 249. The average molecular weight is 590 g/mol. The highest BCUT2D eigenvalue weighted by atomic mass is 32.2. The van der Waals surface area contributed by atoms with Gasteiger partial charge in [-0.1, -0.05) is 17.7 Å². The lowest BCUT2D eigenvalue weighted by atomic mass is 9.91. The topological polar surface area (TPSA) is 43.4 Å². The summed E-state index contributed by atoms with van der Waals surface area (Å²) >= 11 is 0. The number of benzene rings is 1. The molecule has 1 aromatic rings. The second-order valence-electron chi connectivity index (χ2n) is 6.81. The summed E-state index contributed by atoms with van der Waals surface area (Å²) in [5.41, 5.74) is 0.163. The van der Waals surface area contributed by atoms with Gasteiger partial charge < -0.3 is 0 Å². The monoisotopic (exact) mass is 590 g/mol. The molecule has 0 aliphatic heterocycles. The molecule has 0 aromatic heterocycles. The Hall–Kier alpha value is -2.06. The Kier molecular flexibility index (Phi) is 7.53. The van der Waals surface area contributed by atoms with Crippen molar-refractivity contribution in [2.75, 3.05) is 0 Å². The van der Waals surface area contributed by atoms with Crippen LogP contribution in [0.5, 0.6) is 0 Å². The Bertz CT molecular complexity index is 1060. The van der Waals surface area contributed by atoms with E-state index in [1.165, 1.54) is 6.92 Å². The van der Waals surface area contributed by atoms with E-state index in [0.29, 0.717) is 12.1 Å². The van der Waals surface area contributed by atoms with Gasteiger partial charge in [-0.15, -0.1) is 0 Å². The van der Waals surface area contributed by atoms with Gasteiger partial charge in [0.25, 0.3) is 0 Å². The Morgan fingerprint density at radius 3 is 1.17 bits per heavy atom. The fraction of sp³-hybridized carbons (Fsp3) is 0.600. The highest BCUT2D eigenvalue weighted by Crippen LogP contribution is 2.64. The van der Waals surface area contributed by atoms with Gasteiger partial charge >= 0.3 is 57.9 Å². The maximum absolute atomic E-state index is 13.7. The molecule has 36 heavy (non-hydrogen) atoms. The predicted molar refractivity (Wildman–Crippen MR) is 80.1 cm³/mol. The first-order valence-corrected chi connectivity index (χ1v) is 9.60. The van der Waals surface area contributed by atoms with Crippen molar-refractivity contribution in [1.82, 2.24) is 0 Å². The van der Waals surface area contributed by atoms with Crippen LogP contribution in [0.15, 0.2) is 29.2 Å². The van der Waals surface area contributed by atoms with Gasteiger partial charge in [-0.2, -0.15) is 87.2 Å². The lowest BCUT2D eigenvalue weighted by Gasteiger charge is -2.42. The third kappa shape index (κ3) is 4.44. The van der Waals surface area contributed by atoms with Gasteiger partial charge in [0.05, 0.1) is 4.90 Å². The first-order valence-electron chi connectivity index (χ1n) is 8.19. The van der Waals surface area contributed by atoms with Crippen LogP contribution in [0.25, 0.3) is 0 Å². The quantitative estimate of drug-likeness (QED) is 0.239. The van der Waals surface area contributed by atoms with Crippen molar-refractivity contribution in [2.45, 2.75) is 59.6 Å². The number of hydrogen-bond donors (Lipinski definition) is 0. The first kappa shape index (κ1) is 32.0. The van der Waals surface area contributed by atoms with Gasteiger partial charge in [0, 0.05) is 0 Å². The van der Waals surface area contributed by atoms with E-state index in [4.69, 9.17) is 0 Å². The maximum Gasteiger partial charge on any atom is 0.460 e.